The molecule has 4 rings (SSSR count). The van der Waals surface area contributed by atoms with Gasteiger partial charge in [-0.1, -0.05) is 78.9 Å². The maximum atomic E-state index is 2.73. The minimum atomic E-state index is 0.572. The summed E-state index contributed by atoms with van der Waals surface area (Å²) >= 11 is 1.85. The quantitative estimate of drug-likeness (QED) is 0.326. The van der Waals surface area contributed by atoms with Gasteiger partial charge in [0.1, 0.15) is 0 Å². The zero-order valence-corrected chi connectivity index (χ0v) is 20.1. The first-order valence-electron chi connectivity index (χ1n) is 12.0. The van der Waals surface area contributed by atoms with Crippen LogP contribution in [0, 0.1) is 0 Å². The normalized spacial score (nSPS) is 18.4. The molecular weight excluding hydrogens is 408 g/mol. The van der Waals surface area contributed by atoms with Gasteiger partial charge in [0.05, 0.1) is 0 Å². The van der Waals surface area contributed by atoms with Crippen molar-refractivity contribution in [3.05, 3.63) is 102 Å². The van der Waals surface area contributed by atoms with Crippen LogP contribution in [0.5, 0.6) is 0 Å². The molecular formula is C29H36N2S. The molecule has 0 bridgehead atoms. The van der Waals surface area contributed by atoms with Crippen LogP contribution in [0.3, 0.4) is 0 Å². The largest absolute Gasteiger partial charge is 0.303 e. The Hall–Kier alpha value is -2.07. The number of hydrogen-bond donors (Lipinski definition) is 0. The molecule has 2 atom stereocenters. The van der Waals surface area contributed by atoms with Crippen LogP contribution in [0.1, 0.15) is 48.6 Å². The topological polar surface area (TPSA) is 6.48 Å². The maximum Gasteiger partial charge on any atom is 0.0230 e. The molecule has 0 spiro atoms. The molecule has 1 aliphatic heterocycles. The summed E-state index contributed by atoms with van der Waals surface area (Å²) in [6.07, 6.45) is 5.06. The van der Waals surface area contributed by atoms with E-state index >= 15 is 0 Å². The first-order valence-corrected chi connectivity index (χ1v) is 12.8. The highest BCUT2D eigenvalue weighted by molar-refractivity contribution is 7.97. The molecule has 2 nitrogen and oxygen atoms in total. The lowest BCUT2D eigenvalue weighted by atomic mass is 9.92. The Morgan fingerprint density at radius 3 is 2.22 bits per heavy atom. The third kappa shape index (κ3) is 6.96. The fourth-order valence-electron chi connectivity index (χ4n) is 4.84. The van der Waals surface area contributed by atoms with Gasteiger partial charge in [0.15, 0.2) is 0 Å². The predicted octanol–water partition coefficient (Wildman–Crippen LogP) is 7.07. The zero-order valence-electron chi connectivity index (χ0n) is 19.3. The molecule has 0 radical (unpaired) electrons. The maximum absolute atomic E-state index is 2.73. The molecule has 1 fully saturated rings. The summed E-state index contributed by atoms with van der Waals surface area (Å²) < 4.78 is 2.39. The Balaban J connectivity index is 1.35. The third-order valence-corrected chi connectivity index (χ3v) is 7.62. The summed E-state index contributed by atoms with van der Waals surface area (Å²) in [4.78, 5) is 4.04. The zero-order chi connectivity index (χ0) is 22.0. The summed E-state index contributed by atoms with van der Waals surface area (Å²) in [5.74, 6) is 1.29. The van der Waals surface area contributed by atoms with Crippen molar-refractivity contribution in [3.63, 3.8) is 0 Å². The summed E-state index contributed by atoms with van der Waals surface area (Å²) in [5, 5.41) is 0. The second kappa shape index (κ2) is 12.2. The van der Waals surface area contributed by atoms with Crippen molar-refractivity contribution in [2.24, 2.45) is 0 Å². The van der Waals surface area contributed by atoms with Crippen molar-refractivity contribution in [3.8, 4) is 0 Å². The highest BCUT2D eigenvalue weighted by atomic mass is 32.2. The number of benzene rings is 3. The van der Waals surface area contributed by atoms with Gasteiger partial charge in [-0.3, -0.25) is 0 Å². The average molecular weight is 445 g/mol. The van der Waals surface area contributed by atoms with Gasteiger partial charge in [0.2, 0.25) is 0 Å². The molecule has 1 saturated heterocycles. The smallest absolute Gasteiger partial charge is 0.0230 e. The second-order valence-corrected chi connectivity index (χ2v) is 10.3. The third-order valence-electron chi connectivity index (χ3n) is 6.64. The monoisotopic (exact) mass is 444 g/mol. The number of nitrogens with zero attached hydrogens (tertiary/aromatic N) is 2. The van der Waals surface area contributed by atoms with E-state index in [2.05, 4.69) is 107 Å². The summed E-state index contributed by atoms with van der Waals surface area (Å²) in [6.45, 7) is 4.67. The van der Waals surface area contributed by atoms with Gasteiger partial charge in [0.25, 0.3) is 0 Å². The standard InChI is InChI=1S/C29H36N2S/c1-30(32-29-17-9-4-10-18-29)22-19-28(26-14-7-3-8-15-26)24-31-21-11-16-27(20-23-31)25-12-5-2-6-13-25/h2-10,12-15,17-18,27-28H,11,16,19-24H2,1H3. The Morgan fingerprint density at radius 2 is 1.50 bits per heavy atom. The molecule has 168 valence electrons. The van der Waals surface area contributed by atoms with Crippen molar-refractivity contribution in [1.82, 2.24) is 9.21 Å². The number of hydrogen-bond acceptors (Lipinski definition) is 3. The number of rotatable bonds is 9. The van der Waals surface area contributed by atoms with E-state index in [-0.39, 0.29) is 0 Å². The minimum Gasteiger partial charge on any atom is -0.303 e. The minimum absolute atomic E-state index is 0.572. The molecule has 1 heterocycles. The molecule has 1 aliphatic rings. The van der Waals surface area contributed by atoms with Gasteiger partial charge in [0, 0.05) is 18.0 Å². The molecule has 3 aromatic rings. The Kier molecular flexibility index (Phi) is 8.84. The van der Waals surface area contributed by atoms with Crippen LogP contribution in [0.25, 0.3) is 0 Å². The molecule has 0 aliphatic carbocycles. The van der Waals surface area contributed by atoms with E-state index in [0.717, 1.165) is 13.1 Å². The van der Waals surface area contributed by atoms with Crippen LogP contribution in [0.4, 0.5) is 0 Å². The van der Waals surface area contributed by atoms with Crippen LogP contribution in [-0.2, 0) is 0 Å². The van der Waals surface area contributed by atoms with Crippen LogP contribution in [0.2, 0.25) is 0 Å². The predicted molar refractivity (Wildman–Crippen MR) is 138 cm³/mol. The summed E-state index contributed by atoms with van der Waals surface area (Å²) in [5.41, 5.74) is 3.00. The SMILES string of the molecule is CN(CCC(CN1CCCC(c2ccccc2)CC1)c1ccccc1)Sc1ccccc1. The molecule has 3 heteroatoms. The Morgan fingerprint density at radius 1 is 0.844 bits per heavy atom. The van der Waals surface area contributed by atoms with Gasteiger partial charge in [-0.25, -0.2) is 4.31 Å². The average Bonchev–Trinajstić information content (AvgIpc) is 3.09. The van der Waals surface area contributed by atoms with E-state index in [4.69, 9.17) is 0 Å². The highest BCUT2D eigenvalue weighted by Crippen LogP contribution is 2.30. The van der Waals surface area contributed by atoms with E-state index in [9.17, 15) is 0 Å². The van der Waals surface area contributed by atoms with Crippen molar-refractivity contribution in [2.75, 3.05) is 33.2 Å². The van der Waals surface area contributed by atoms with Crippen LogP contribution >= 0.6 is 11.9 Å². The van der Waals surface area contributed by atoms with E-state index in [1.807, 2.05) is 11.9 Å². The van der Waals surface area contributed by atoms with Gasteiger partial charge < -0.3 is 4.90 Å². The van der Waals surface area contributed by atoms with E-state index in [1.54, 1.807) is 0 Å². The van der Waals surface area contributed by atoms with Crippen molar-refractivity contribution in [1.29, 1.82) is 0 Å². The van der Waals surface area contributed by atoms with Crippen molar-refractivity contribution in [2.45, 2.75) is 42.4 Å². The van der Waals surface area contributed by atoms with Gasteiger partial charge >= 0.3 is 0 Å². The fraction of sp³-hybridized carbons (Fsp3) is 0.379. The van der Waals surface area contributed by atoms with Crippen LogP contribution < -0.4 is 0 Å². The molecule has 0 N–H and O–H groups in total. The van der Waals surface area contributed by atoms with Gasteiger partial charge in [-0.15, -0.1) is 0 Å². The molecule has 0 aromatic heterocycles. The van der Waals surface area contributed by atoms with E-state index in [1.165, 1.54) is 54.8 Å². The summed E-state index contributed by atoms with van der Waals surface area (Å²) in [7, 11) is 2.22. The summed E-state index contributed by atoms with van der Waals surface area (Å²) in [6, 6.07) is 33.0. The molecule has 32 heavy (non-hydrogen) atoms. The molecule has 3 aromatic carbocycles. The lowest BCUT2D eigenvalue weighted by molar-refractivity contribution is 0.257. The lowest BCUT2D eigenvalue weighted by Gasteiger charge is -2.28. The van der Waals surface area contributed by atoms with E-state index in [0.29, 0.717) is 11.8 Å². The molecule has 2 unspecified atom stereocenters. The fourth-order valence-corrected chi connectivity index (χ4v) is 5.68. The molecule has 0 saturated carbocycles. The van der Waals surface area contributed by atoms with Gasteiger partial charge in [-0.2, -0.15) is 0 Å². The number of likely N-dealkylation sites (tertiary alicyclic amines) is 1. The Labute approximate surface area is 198 Å². The van der Waals surface area contributed by atoms with Gasteiger partial charge in [-0.05, 0) is 92.9 Å². The van der Waals surface area contributed by atoms with Crippen LogP contribution in [0.15, 0.2) is 95.9 Å². The first-order chi connectivity index (χ1) is 15.8. The first kappa shape index (κ1) is 23.1. The lowest BCUT2D eigenvalue weighted by Crippen LogP contribution is -2.31. The second-order valence-electron chi connectivity index (χ2n) is 8.99. The van der Waals surface area contributed by atoms with Crippen LogP contribution in [-0.4, -0.2) is 42.4 Å². The molecule has 0 amide bonds. The highest BCUT2D eigenvalue weighted by Gasteiger charge is 2.22. The van der Waals surface area contributed by atoms with Crippen molar-refractivity contribution >= 4 is 11.9 Å². The van der Waals surface area contributed by atoms with E-state index < -0.39 is 0 Å². The van der Waals surface area contributed by atoms with Crippen molar-refractivity contribution < 1.29 is 0 Å². The Bertz CT molecular complexity index is 900.